The quantitative estimate of drug-likeness (QED) is 0.711. The first-order chi connectivity index (χ1) is 6.04. The second-order valence-electron chi connectivity index (χ2n) is 2.92. The predicted octanol–water partition coefficient (Wildman–Crippen LogP) is 2.28. The van der Waals surface area contributed by atoms with Gasteiger partial charge in [0.1, 0.15) is 0 Å². The van der Waals surface area contributed by atoms with Crippen LogP contribution in [0.2, 0.25) is 0 Å². The number of nitrogens with one attached hydrogen (secondary N) is 1. The first kappa shape index (κ1) is 10.1. The van der Waals surface area contributed by atoms with Gasteiger partial charge in [-0.15, -0.1) is 0 Å². The zero-order valence-corrected chi connectivity index (χ0v) is 7.22. The van der Waals surface area contributed by atoms with E-state index in [2.05, 4.69) is 0 Å². The van der Waals surface area contributed by atoms with Crippen LogP contribution >= 0.6 is 0 Å². The molecule has 13 heavy (non-hydrogen) atoms. The van der Waals surface area contributed by atoms with Crippen molar-refractivity contribution in [3.8, 4) is 0 Å². The standard InChI is InChI=1S/C9H11F2NO/c1-9(10,11)8-4-2-3-7(5-8)6-12-13/h2-5,12-13H,6H2,1H3. The van der Waals surface area contributed by atoms with E-state index < -0.39 is 5.92 Å². The molecule has 0 saturated heterocycles. The highest BCUT2D eigenvalue weighted by Crippen LogP contribution is 2.27. The van der Waals surface area contributed by atoms with Crippen LogP contribution in [0.15, 0.2) is 24.3 Å². The maximum atomic E-state index is 12.8. The number of benzene rings is 1. The van der Waals surface area contributed by atoms with Crippen molar-refractivity contribution in [3.05, 3.63) is 35.4 Å². The minimum atomic E-state index is -2.83. The monoisotopic (exact) mass is 187 g/mol. The molecule has 4 heteroatoms. The Labute approximate surface area is 75.2 Å². The van der Waals surface area contributed by atoms with Gasteiger partial charge >= 0.3 is 0 Å². The number of hydrogen-bond acceptors (Lipinski definition) is 2. The molecule has 0 saturated carbocycles. The van der Waals surface area contributed by atoms with Crippen molar-refractivity contribution in [2.24, 2.45) is 0 Å². The van der Waals surface area contributed by atoms with Gasteiger partial charge < -0.3 is 5.21 Å². The molecule has 0 aliphatic rings. The molecule has 0 amide bonds. The van der Waals surface area contributed by atoms with Crippen LogP contribution in [-0.2, 0) is 12.5 Å². The van der Waals surface area contributed by atoms with E-state index in [0.717, 1.165) is 6.92 Å². The lowest BCUT2D eigenvalue weighted by atomic mass is 10.1. The molecule has 2 nitrogen and oxygen atoms in total. The molecule has 0 aliphatic heterocycles. The Morgan fingerprint density at radius 2 is 2.15 bits per heavy atom. The lowest BCUT2D eigenvalue weighted by Gasteiger charge is -2.11. The smallest absolute Gasteiger partial charge is 0.270 e. The second-order valence-corrected chi connectivity index (χ2v) is 2.92. The molecule has 0 aliphatic carbocycles. The molecule has 0 fully saturated rings. The van der Waals surface area contributed by atoms with Crippen molar-refractivity contribution >= 4 is 0 Å². The molecule has 0 aromatic heterocycles. The summed E-state index contributed by atoms with van der Waals surface area (Å²) in [4.78, 5) is 0. The fraction of sp³-hybridized carbons (Fsp3) is 0.333. The SMILES string of the molecule is CC(F)(F)c1cccc(CNO)c1. The summed E-state index contributed by atoms with van der Waals surface area (Å²) in [5.74, 6) is -2.83. The van der Waals surface area contributed by atoms with Gasteiger partial charge in [-0.3, -0.25) is 0 Å². The number of rotatable bonds is 3. The van der Waals surface area contributed by atoms with Crippen LogP contribution in [0.4, 0.5) is 8.78 Å². The molecule has 72 valence electrons. The Bertz CT molecular complexity index is 283. The van der Waals surface area contributed by atoms with E-state index >= 15 is 0 Å². The van der Waals surface area contributed by atoms with Crippen molar-refractivity contribution in [3.63, 3.8) is 0 Å². The molecule has 1 aromatic rings. The van der Waals surface area contributed by atoms with Gasteiger partial charge in [-0.25, -0.2) is 14.3 Å². The van der Waals surface area contributed by atoms with Crippen LogP contribution in [0.1, 0.15) is 18.1 Å². The third-order valence-corrected chi connectivity index (χ3v) is 1.72. The molecule has 0 radical (unpaired) electrons. The van der Waals surface area contributed by atoms with E-state index in [9.17, 15) is 8.78 Å². The molecule has 1 aromatic carbocycles. The van der Waals surface area contributed by atoms with Crippen LogP contribution < -0.4 is 5.48 Å². The van der Waals surface area contributed by atoms with Gasteiger partial charge in [0.05, 0.1) is 0 Å². The van der Waals surface area contributed by atoms with E-state index in [1.807, 2.05) is 5.48 Å². The van der Waals surface area contributed by atoms with Gasteiger partial charge in [0.2, 0.25) is 0 Å². The Hall–Kier alpha value is -1.00. The van der Waals surface area contributed by atoms with Crippen molar-refractivity contribution in [2.75, 3.05) is 0 Å². The first-order valence-corrected chi connectivity index (χ1v) is 3.88. The fourth-order valence-electron chi connectivity index (χ4n) is 1.05. The summed E-state index contributed by atoms with van der Waals surface area (Å²) in [5, 5.41) is 8.38. The van der Waals surface area contributed by atoms with E-state index in [1.165, 1.54) is 12.1 Å². The lowest BCUT2D eigenvalue weighted by Crippen LogP contribution is -2.10. The highest BCUT2D eigenvalue weighted by atomic mass is 19.3. The topological polar surface area (TPSA) is 32.3 Å². The van der Waals surface area contributed by atoms with E-state index in [-0.39, 0.29) is 12.1 Å². The number of hydroxylamine groups is 1. The summed E-state index contributed by atoms with van der Waals surface area (Å²) < 4.78 is 25.6. The van der Waals surface area contributed by atoms with Crippen molar-refractivity contribution in [1.82, 2.24) is 5.48 Å². The summed E-state index contributed by atoms with van der Waals surface area (Å²) in [7, 11) is 0. The van der Waals surface area contributed by atoms with Crippen LogP contribution in [0, 0.1) is 0 Å². The first-order valence-electron chi connectivity index (χ1n) is 3.88. The largest absolute Gasteiger partial charge is 0.316 e. The average molecular weight is 187 g/mol. The lowest BCUT2D eigenvalue weighted by molar-refractivity contribution is 0.0173. The summed E-state index contributed by atoms with van der Waals surface area (Å²) in [6.07, 6.45) is 0. The molecular formula is C9H11F2NO. The van der Waals surface area contributed by atoms with Crippen LogP contribution in [0.3, 0.4) is 0 Å². The van der Waals surface area contributed by atoms with Gasteiger partial charge in [-0.2, -0.15) is 0 Å². The zero-order chi connectivity index (χ0) is 9.90. The summed E-state index contributed by atoms with van der Waals surface area (Å²) in [5.41, 5.74) is 2.50. The molecule has 2 N–H and O–H groups in total. The molecule has 1 rings (SSSR count). The Morgan fingerprint density at radius 1 is 1.46 bits per heavy atom. The molecule has 0 atom stereocenters. The summed E-state index contributed by atoms with van der Waals surface area (Å²) in [6.45, 7) is 1.02. The zero-order valence-electron chi connectivity index (χ0n) is 7.22. The predicted molar refractivity (Wildman–Crippen MR) is 44.6 cm³/mol. The highest BCUT2D eigenvalue weighted by molar-refractivity contribution is 5.26. The maximum absolute atomic E-state index is 12.8. The summed E-state index contributed by atoms with van der Waals surface area (Å²) >= 11 is 0. The number of halogens is 2. The van der Waals surface area contributed by atoms with Crippen LogP contribution in [0.25, 0.3) is 0 Å². The van der Waals surface area contributed by atoms with E-state index in [4.69, 9.17) is 5.21 Å². The highest BCUT2D eigenvalue weighted by Gasteiger charge is 2.23. The number of alkyl halides is 2. The van der Waals surface area contributed by atoms with Gasteiger partial charge in [-0.05, 0) is 11.6 Å². The van der Waals surface area contributed by atoms with E-state index in [1.54, 1.807) is 12.1 Å². The van der Waals surface area contributed by atoms with Crippen molar-refractivity contribution in [2.45, 2.75) is 19.4 Å². The molecule has 0 spiro atoms. The third kappa shape index (κ3) is 2.75. The van der Waals surface area contributed by atoms with Crippen molar-refractivity contribution in [1.29, 1.82) is 0 Å². The van der Waals surface area contributed by atoms with Gasteiger partial charge in [0, 0.05) is 19.0 Å². The second kappa shape index (κ2) is 3.81. The minimum Gasteiger partial charge on any atom is -0.316 e. The average Bonchev–Trinajstić information content (AvgIpc) is 2.04. The summed E-state index contributed by atoms with van der Waals surface area (Å²) in [6, 6.07) is 5.93. The van der Waals surface area contributed by atoms with Crippen LogP contribution in [0.5, 0.6) is 0 Å². The van der Waals surface area contributed by atoms with Gasteiger partial charge in [-0.1, -0.05) is 18.2 Å². The molecule has 0 heterocycles. The maximum Gasteiger partial charge on any atom is 0.270 e. The fourth-order valence-corrected chi connectivity index (χ4v) is 1.05. The third-order valence-electron chi connectivity index (χ3n) is 1.72. The molecule has 0 unspecified atom stereocenters. The number of hydrogen-bond donors (Lipinski definition) is 2. The normalized spacial score (nSPS) is 11.7. The Morgan fingerprint density at radius 3 is 2.69 bits per heavy atom. The van der Waals surface area contributed by atoms with Crippen molar-refractivity contribution < 1.29 is 14.0 Å². The molecular weight excluding hydrogens is 176 g/mol. The van der Waals surface area contributed by atoms with Gasteiger partial charge in [0.25, 0.3) is 5.92 Å². The van der Waals surface area contributed by atoms with Gasteiger partial charge in [0.15, 0.2) is 0 Å². The minimum absolute atomic E-state index is 0.0414. The van der Waals surface area contributed by atoms with E-state index in [0.29, 0.717) is 5.56 Å². The van der Waals surface area contributed by atoms with Crippen LogP contribution in [-0.4, -0.2) is 5.21 Å². The molecule has 0 bridgehead atoms. The Balaban J connectivity index is 2.92. The Kier molecular flexibility index (Phi) is 2.95.